The average molecular weight is 210 g/mol. The van der Waals surface area contributed by atoms with Gasteiger partial charge in [0.2, 0.25) is 0 Å². The van der Waals surface area contributed by atoms with Gasteiger partial charge in [0.05, 0.1) is 17.7 Å². The molecule has 0 amide bonds. The molecule has 1 aromatic carbocycles. The second-order valence-corrected chi connectivity index (χ2v) is 3.09. The van der Waals surface area contributed by atoms with Gasteiger partial charge >= 0.3 is 0 Å². The van der Waals surface area contributed by atoms with Gasteiger partial charge in [-0.05, 0) is 18.2 Å². The molecule has 0 bridgehead atoms. The summed E-state index contributed by atoms with van der Waals surface area (Å²) in [5, 5.41) is 27.6. The van der Waals surface area contributed by atoms with Gasteiger partial charge in [0.1, 0.15) is 11.9 Å². The smallest absolute Gasteiger partial charge is 0.123 e. The SMILES string of the molecule is N#Cc1ccc(F)cc1C(O)C(O)CN. The molecule has 0 aliphatic heterocycles. The summed E-state index contributed by atoms with van der Waals surface area (Å²) >= 11 is 0. The van der Waals surface area contributed by atoms with Crippen molar-refractivity contribution >= 4 is 0 Å². The van der Waals surface area contributed by atoms with E-state index in [2.05, 4.69) is 0 Å². The zero-order valence-corrected chi connectivity index (χ0v) is 7.89. The third-order valence-electron chi connectivity index (χ3n) is 2.06. The van der Waals surface area contributed by atoms with Crippen LogP contribution >= 0.6 is 0 Å². The molecule has 0 spiro atoms. The Kier molecular flexibility index (Phi) is 3.74. The normalized spacial score (nSPS) is 14.3. The van der Waals surface area contributed by atoms with E-state index in [0.29, 0.717) is 0 Å². The first-order valence-electron chi connectivity index (χ1n) is 4.36. The van der Waals surface area contributed by atoms with Crippen LogP contribution in [0.2, 0.25) is 0 Å². The molecule has 0 saturated heterocycles. The Labute approximate surface area is 86.4 Å². The fourth-order valence-corrected chi connectivity index (χ4v) is 1.22. The Balaban J connectivity index is 3.12. The van der Waals surface area contributed by atoms with Crippen molar-refractivity contribution in [3.63, 3.8) is 0 Å². The zero-order chi connectivity index (χ0) is 11.4. The van der Waals surface area contributed by atoms with Crippen molar-refractivity contribution in [2.45, 2.75) is 12.2 Å². The highest BCUT2D eigenvalue weighted by Gasteiger charge is 2.20. The maximum atomic E-state index is 12.9. The summed E-state index contributed by atoms with van der Waals surface area (Å²) in [5.74, 6) is -0.577. The summed E-state index contributed by atoms with van der Waals surface area (Å²) in [6.45, 7) is -0.164. The van der Waals surface area contributed by atoms with Crippen molar-refractivity contribution < 1.29 is 14.6 Å². The van der Waals surface area contributed by atoms with Gasteiger partial charge in [-0.3, -0.25) is 0 Å². The van der Waals surface area contributed by atoms with Crippen LogP contribution in [0.1, 0.15) is 17.2 Å². The van der Waals surface area contributed by atoms with Crippen LogP contribution in [0.25, 0.3) is 0 Å². The molecular weight excluding hydrogens is 199 g/mol. The Bertz CT molecular complexity index is 389. The maximum absolute atomic E-state index is 12.9. The van der Waals surface area contributed by atoms with Crippen molar-refractivity contribution in [3.8, 4) is 6.07 Å². The minimum Gasteiger partial charge on any atom is -0.389 e. The number of nitrogens with two attached hydrogens (primary N) is 1. The van der Waals surface area contributed by atoms with Crippen LogP contribution in [0.15, 0.2) is 18.2 Å². The van der Waals surface area contributed by atoms with E-state index in [1.807, 2.05) is 0 Å². The topological polar surface area (TPSA) is 90.3 Å². The van der Waals surface area contributed by atoms with E-state index in [-0.39, 0.29) is 17.7 Å². The predicted octanol–water partition coefficient (Wildman–Crippen LogP) is 0.0504. The summed E-state index contributed by atoms with van der Waals surface area (Å²) in [7, 11) is 0. The van der Waals surface area contributed by atoms with Gasteiger partial charge in [-0.25, -0.2) is 4.39 Å². The van der Waals surface area contributed by atoms with Gasteiger partial charge in [0.15, 0.2) is 0 Å². The Morgan fingerprint density at radius 2 is 2.13 bits per heavy atom. The first-order valence-corrected chi connectivity index (χ1v) is 4.36. The molecule has 1 rings (SSSR count). The van der Waals surface area contributed by atoms with Gasteiger partial charge in [-0.15, -0.1) is 0 Å². The lowest BCUT2D eigenvalue weighted by Crippen LogP contribution is -2.27. The van der Waals surface area contributed by atoms with Crippen LogP contribution in [0.5, 0.6) is 0 Å². The molecule has 4 nitrogen and oxygen atoms in total. The quantitative estimate of drug-likeness (QED) is 0.657. The summed E-state index contributed by atoms with van der Waals surface area (Å²) in [6.07, 6.45) is -2.56. The number of nitriles is 1. The molecule has 80 valence electrons. The van der Waals surface area contributed by atoms with E-state index in [9.17, 15) is 14.6 Å². The summed E-state index contributed by atoms with van der Waals surface area (Å²) < 4.78 is 12.9. The highest BCUT2D eigenvalue weighted by atomic mass is 19.1. The highest BCUT2D eigenvalue weighted by Crippen LogP contribution is 2.21. The molecule has 0 aliphatic rings. The molecule has 2 atom stereocenters. The van der Waals surface area contributed by atoms with E-state index in [0.717, 1.165) is 12.1 Å². The van der Waals surface area contributed by atoms with Gasteiger partial charge in [0, 0.05) is 12.1 Å². The summed E-state index contributed by atoms with van der Waals surface area (Å²) in [4.78, 5) is 0. The summed E-state index contributed by atoms with van der Waals surface area (Å²) in [5.41, 5.74) is 5.33. The second kappa shape index (κ2) is 4.84. The minimum absolute atomic E-state index is 0.0513. The first-order chi connectivity index (χ1) is 7.10. The predicted molar refractivity (Wildman–Crippen MR) is 51.1 cm³/mol. The van der Waals surface area contributed by atoms with E-state index < -0.39 is 18.0 Å². The third kappa shape index (κ3) is 2.50. The molecular formula is C10H11FN2O2. The fraction of sp³-hybridized carbons (Fsp3) is 0.300. The van der Waals surface area contributed by atoms with Crippen molar-refractivity contribution in [3.05, 3.63) is 35.1 Å². The molecule has 5 heteroatoms. The molecule has 2 unspecified atom stereocenters. The fourth-order valence-electron chi connectivity index (χ4n) is 1.22. The number of aliphatic hydroxyl groups excluding tert-OH is 2. The number of rotatable bonds is 3. The number of aliphatic hydroxyl groups is 2. The molecule has 0 saturated carbocycles. The van der Waals surface area contributed by atoms with Crippen LogP contribution in [0, 0.1) is 17.1 Å². The lowest BCUT2D eigenvalue weighted by molar-refractivity contribution is 0.0240. The van der Waals surface area contributed by atoms with Gasteiger partial charge < -0.3 is 15.9 Å². The third-order valence-corrected chi connectivity index (χ3v) is 2.06. The largest absolute Gasteiger partial charge is 0.389 e. The van der Waals surface area contributed by atoms with E-state index >= 15 is 0 Å². The molecule has 15 heavy (non-hydrogen) atoms. The number of benzene rings is 1. The number of hydrogen-bond donors (Lipinski definition) is 3. The van der Waals surface area contributed by atoms with Crippen LogP contribution < -0.4 is 5.73 Å². The average Bonchev–Trinajstić information content (AvgIpc) is 2.27. The molecule has 0 radical (unpaired) electrons. The highest BCUT2D eigenvalue weighted by molar-refractivity contribution is 5.39. The standard InChI is InChI=1S/C10H11FN2O2/c11-7-2-1-6(4-12)8(3-7)10(15)9(14)5-13/h1-3,9-10,14-15H,5,13H2. The van der Waals surface area contributed by atoms with Crippen molar-refractivity contribution in [1.29, 1.82) is 5.26 Å². The number of hydrogen-bond acceptors (Lipinski definition) is 4. The molecule has 0 heterocycles. The first kappa shape index (κ1) is 11.6. The van der Waals surface area contributed by atoms with Crippen LogP contribution in [0.3, 0.4) is 0 Å². The van der Waals surface area contributed by atoms with Crippen molar-refractivity contribution in [2.24, 2.45) is 5.73 Å². The Morgan fingerprint density at radius 3 is 2.67 bits per heavy atom. The molecule has 4 N–H and O–H groups in total. The van der Waals surface area contributed by atoms with Gasteiger partial charge in [-0.1, -0.05) is 0 Å². The van der Waals surface area contributed by atoms with Gasteiger partial charge in [0.25, 0.3) is 0 Å². The lowest BCUT2D eigenvalue weighted by atomic mass is 9.99. The van der Waals surface area contributed by atoms with E-state index in [4.69, 9.17) is 11.0 Å². The maximum Gasteiger partial charge on any atom is 0.123 e. The summed E-state index contributed by atoms with van der Waals surface area (Å²) in [6, 6.07) is 5.18. The number of nitrogens with zero attached hydrogens (tertiary/aromatic N) is 1. The monoisotopic (exact) mass is 210 g/mol. The molecule has 1 aromatic rings. The Morgan fingerprint density at radius 1 is 1.47 bits per heavy atom. The van der Waals surface area contributed by atoms with Crippen molar-refractivity contribution in [1.82, 2.24) is 0 Å². The van der Waals surface area contributed by atoms with Gasteiger partial charge in [-0.2, -0.15) is 5.26 Å². The lowest BCUT2D eigenvalue weighted by Gasteiger charge is -2.17. The van der Waals surface area contributed by atoms with E-state index in [1.165, 1.54) is 6.07 Å². The van der Waals surface area contributed by atoms with Crippen LogP contribution in [-0.2, 0) is 0 Å². The second-order valence-electron chi connectivity index (χ2n) is 3.09. The van der Waals surface area contributed by atoms with Crippen LogP contribution in [-0.4, -0.2) is 22.9 Å². The Hall–Kier alpha value is -1.48. The number of halogens is 1. The van der Waals surface area contributed by atoms with Crippen molar-refractivity contribution in [2.75, 3.05) is 6.54 Å². The molecule has 0 fully saturated rings. The minimum atomic E-state index is -1.35. The molecule has 0 aliphatic carbocycles. The zero-order valence-electron chi connectivity index (χ0n) is 7.89. The molecule has 0 aromatic heterocycles. The van der Waals surface area contributed by atoms with Crippen LogP contribution in [0.4, 0.5) is 4.39 Å². The van der Waals surface area contributed by atoms with E-state index in [1.54, 1.807) is 6.07 Å².